The topological polar surface area (TPSA) is 46.2 Å². The van der Waals surface area contributed by atoms with E-state index in [0.29, 0.717) is 5.92 Å². The molecule has 0 amide bonds. The number of aliphatic hydroxyl groups excluding tert-OH is 1. The largest absolute Gasteiger partial charge is 0.391 e. The molecule has 1 fully saturated rings. The Morgan fingerprint density at radius 3 is 2.41 bits per heavy atom. The Balaban J connectivity index is 1.88. The van der Waals surface area contributed by atoms with Gasteiger partial charge in [-0.15, -0.1) is 0 Å². The lowest BCUT2D eigenvalue weighted by Crippen LogP contribution is -2.42. The molecule has 2 heteroatoms. The fraction of sp³-hybridized carbons (Fsp3) is 0.600. The standard InChI is InChI=1S/C15H23NO/c16-14(11-12-7-3-1-4-8-12)15(17)13-9-5-2-6-10-13/h1,3-4,7-8,13-15,17H,2,5-6,9-11,16H2/t14-,15-/m0/s1. The van der Waals surface area contributed by atoms with Crippen LogP contribution < -0.4 is 5.73 Å². The molecule has 1 aliphatic rings. The van der Waals surface area contributed by atoms with E-state index in [-0.39, 0.29) is 12.1 Å². The van der Waals surface area contributed by atoms with Crippen molar-refractivity contribution >= 4 is 0 Å². The predicted octanol–water partition coefficient (Wildman–Crippen LogP) is 2.50. The van der Waals surface area contributed by atoms with Crippen molar-refractivity contribution in [1.29, 1.82) is 0 Å². The van der Waals surface area contributed by atoms with Crippen molar-refractivity contribution in [2.75, 3.05) is 0 Å². The van der Waals surface area contributed by atoms with Gasteiger partial charge >= 0.3 is 0 Å². The van der Waals surface area contributed by atoms with Gasteiger partial charge in [0.1, 0.15) is 0 Å². The summed E-state index contributed by atoms with van der Waals surface area (Å²) in [7, 11) is 0. The first kappa shape index (κ1) is 12.6. The summed E-state index contributed by atoms with van der Waals surface area (Å²) in [4.78, 5) is 0. The SMILES string of the molecule is N[C@@H](Cc1ccccc1)[C@@H](O)C1CCCCC1. The minimum atomic E-state index is -0.337. The van der Waals surface area contributed by atoms with Crippen LogP contribution in [0.2, 0.25) is 0 Å². The molecule has 0 aliphatic heterocycles. The summed E-state index contributed by atoms with van der Waals surface area (Å²) in [6, 6.07) is 10.1. The Bertz CT molecular complexity index is 319. The van der Waals surface area contributed by atoms with Crippen molar-refractivity contribution in [2.45, 2.75) is 50.7 Å². The summed E-state index contributed by atoms with van der Waals surface area (Å²) in [6.07, 6.45) is 6.54. The van der Waals surface area contributed by atoms with Gasteiger partial charge in [-0.1, -0.05) is 49.6 Å². The second-order valence-corrected chi connectivity index (χ2v) is 5.24. The molecule has 0 aromatic heterocycles. The van der Waals surface area contributed by atoms with Crippen molar-refractivity contribution in [2.24, 2.45) is 11.7 Å². The Labute approximate surface area is 104 Å². The number of nitrogens with two attached hydrogens (primary N) is 1. The first-order valence-electron chi connectivity index (χ1n) is 6.75. The molecule has 17 heavy (non-hydrogen) atoms. The van der Waals surface area contributed by atoms with E-state index in [9.17, 15) is 5.11 Å². The number of rotatable bonds is 4. The molecule has 2 nitrogen and oxygen atoms in total. The lowest BCUT2D eigenvalue weighted by Gasteiger charge is -2.30. The second kappa shape index (κ2) is 6.18. The van der Waals surface area contributed by atoms with Crippen LogP contribution in [-0.4, -0.2) is 17.3 Å². The highest BCUT2D eigenvalue weighted by atomic mass is 16.3. The molecule has 0 heterocycles. The normalized spacial score (nSPS) is 21.1. The van der Waals surface area contributed by atoms with Gasteiger partial charge in [-0.05, 0) is 30.7 Å². The monoisotopic (exact) mass is 233 g/mol. The molecular weight excluding hydrogens is 210 g/mol. The second-order valence-electron chi connectivity index (χ2n) is 5.24. The highest BCUT2D eigenvalue weighted by Gasteiger charge is 2.26. The van der Waals surface area contributed by atoms with Crippen molar-refractivity contribution in [3.63, 3.8) is 0 Å². The van der Waals surface area contributed by atoms with Gasteiger partial charge in [0, 0.05) is 6.04 Å². The van der Waals surface area contributed by atoms with E-state index in [1.165, 1.54) is 24.8 Å². The molecule has 1 aromatic carbocycles. The van der Waals surface area contributed by atoms with Crippen LogP contribution >= 0.6 is 0 Å². The Kier molecular flexibility index (Phi) is 4.57. The average molecular weight is 233 g/mol. The highest BCUT2D eigenvalue weighted by molar-refractivity contribution is 5.16. The quantitative estimate of drug-likeness (QED) is 0.839. The van der Waals surface area contributed by atoms with E-state index < -0.39 is 0 Å². The maximum Gasteiger partial charge on any atom is 0.0722 e. The molecule has 1 aliphatic carbocycles. The highest BCUT2D eigenvalue weighted by Crippen LogP contribution is 2.28. The molecule has 3 N–H and O–H groups in total. The molecule has 0 radical (unpaired) electrons. The Morgan fingerprint density at radius 1 is 1.12 bits per heavy atom. The first-order chi connectivity index (χ1) is 8.27. The van der Waals surface area contributed by atoms with E-state index in [0.717, 1.165) is 19.3 Å². The molecule has 1 saturated carbocycles. The summed E-state index contributed by atoms with van der Waals surface area (Å²) < 4.78 is 0. The summed E-state index contributed by atoms with van der Waals surface area (Å²) in [5, 5.41) is 10.3. The van der Waals surface area contributed by atoms with Crippen LogP contribution in [0, 0.1) is 5.92 Å². The number of benzene rings is 1. The van der Waals surface area contributed by atoms with Crippen LogP contribution in [0.1, 0.15) is 37.7 Å². The molecule has 2 rings (SSSR count). The molecule has 94 valence electrons. The Morgan fingerprint density at radius 2 is 1.76 bits per heavy atom. The van der Waals surface area contributed by atoms with Gasteiger partial charge in [-0.2, -0.15) is 0 Å². The van der Waals surface area contributed by atoms with E-state index in [4.69, 9.17) is 5.73 Å². The van der Waals surface area contributed by atoms with E-state index >= 15 is 0 Å². The zero-order chi connectivity index (χ0) is 12.1. The number of hydrogen-bond acceptors (Lipinski definition) is 2. The van der Waals surface area contributed by atoms with Gasteiger partial charge in [-0.3, -0.25) is 0 Å². The minimum Gasteiger partial charge on any atom is -0.391 e. The van der Waals surface area contributed by atoms with Gasteiger partial charge in [-0.25, -0.2) is 0 Å². The first-order valence-corrected chi connectivity index (χ1v) is 6.75. The molecule has 0 spiro atoms. The van der Waals surface area contributed by atoms with Gasteiger partial charge in [0.2, 0.25) is 0 Å². The Hall–Kier alpha value is -0.860. The van der Waals surface area contributed by atoms with Crippen molar-refractivity contribution < 1.29 is 5.11 Å². The van der Waals surface area contributed by atoms with Crippen LogP contribution in [-0.2, 0) is 6.42 Å². The predicted molar refractivity (Wildman–Crippen MR) is 70.7 cm³/mol. The third kappa shape index (κ3) is 3.55. The smallest absolute Gasteiger partial charge is 0.0722 e. The third-order valence-electron chi connectivity index (χ3n) is 3.89. The van der Waals surface area contributed by atoms with E-state index in [2.05, 4.69) is 12.1 Å². The minimum absolute atomic E-state index is 0.125. The van der Waals surface area contributed by atoms with Gasteiger partial charge in [0.25, 0.3) is 0 Å². The zero-order valence-electron chi connectivity index (χ0n) is 10.4. The fourth-order valence-corrected chi connectivity index (χ4v) is 2.83. The molecule has 0 bridgehead atoms. The maximum absolute atomic E-state index is 10.3. The summed E-state index contributed by atoms with van der Waals surface area (Å²) >= 11 is 0. The molecular formula is C15H23NO. The summed E-state index contributed by atoms with van der Waals surface area (Å²) in [5.41, 5.74) is 7.35. The van der Waals surface area contributed by atoms with Crippen molar-refractivity contribution in [3.05, 3.63) is 35.9 Å². The number of hydrogen-bond donors (Lipinski definition) is 2. The third-order valence-corrected chi connectivity index (χ3v) is 3.89. The van der Waals surface area contributed by atoms with Crippen LogP contribution in [0.25, 0.3) is 0 Å². The van der Waals surface area contributed by atoms with Crippen molar-refractivity contribution in [3.8, 4) is 0 Å². The van der Waals surface area contributed by atoms with Crippen LogP contribution in [0.5, 0.6) is 0 Å². The molecule has 1 aromatic rings. The van der Waals surface area contributed by atoms with Gasteiger partial charge in [0.05, 0.1) is 6.10 Å². The van der Waals surface area contributed by atoms with E-state index in [1.54, 1.807) is 0 Å². The number of aliphatic hydroxyl groups is 1. The molecule has 2 atom stereocenters. The van der Waals surface area contributed by atoms with Crippen LogP contribution in [0.3, 0.4) is 0 Å². The lowest BCUT2D eigenvalue weighted by atomic mass is 9.81. The molecule has 0 saturated heterocycles. The maximum atomic E-state index is 10.3. The summed E-state index contributed by atoms with van der Waals surface area (Å²) in [5.74, 6) is 0.419. The fourth-order valence-electron chi connectivity index (χ4n) is 2.83. The van der Waals surface area contributed by atoms with Gasteiger partial charge in [0.15, 0.2) is 0 Å². The van der Waals surface area contributed by atoms with Crippen LogP contribution in [0.15, 0.2) is 30.3 Å². The van der Waals surface area contributed by atoms with Gasteiger partial charge < -0.3 is 10.8 Å². The average Bonchev–Trinajstić information content (AvgIpc) is 2.40. The van der Waals surface area contributed by atoms with E-state index in [1.807, 2.05) is 18.2 Å². The molecule has 0 unspecified atom stereocenters. The van der Waals surface area contributed by atoms with Crippen molar-refractivity contribution in [1.82, 2.24) is 0 Å². The lowest BCUT2D eigenvalue weighted by molar-refractivity contribution is 0.0620. The van der Waals surface area contributed by atoms with Crippen LogP contribution in [0.4, 0.5) is 0 Å². The zero-order valence-corrected chi connectivity index (χ0v) is 10.4. The summed E-state index contributed by atoms with van der Waals surface area (Å²) in [6.45, 7) is 0.